The van der Waals surface area contributed by atoms with Crippen molar-refractivity contribution in [3.05, 3.63) is 52.2 Å². The Bertz CT molecular complexity index is 1000. The lowest BCUT2D eigenvalue weighted by atomic mass is 10.1. The fourth-order valence-corrected chi connectivity index (χ4v) is 4.33. The zero-order chi connectivity index (χ0) is 21.1. The number of nitrogens with one attached hydrogen (secondary N) is 1. The first kappa shape index (κ1) is 22.5. The Labute approximate surface area is 169 Å². The minimum atomic E-state index is -4.56. The lowest BCUT2D eigenvalue weighted by Gasteiger charge is -2.10. The van der Waals surface area contributed by atoms with E-state index in [1.54, 1.807) is 6.92 Å². The molecule has 1 aromatic carbocycles. The summed E-state index contributed by atoms with van der Waals surface area (Å²) in [7, 11) is -3.95. The number of sulfonamides is 1. The summed E-state index contributed by atoms with van der Waals surface area (Å²) in [5.41, 5.74) is -0.681. The van der Waals surface area contributed by atoms with Gasteiger partial charge in [-0.15, -0.1) is 11.8 Å². The van der Waals surface area contributed by atoms with Crippen LogP contribution in [0.4, 0.5) is 13.2 Å². The second kappa shape index (κ2) is 8.68. The number of hydrogen-bond donors (Lipinski definition) is 2. The van der Waals surface area contributed by atoms with Gasteiger partial charge >= 0.3 is 12.1 Å². The number of aryl methyl sites for hydroxylation is 1. The van der Waals surface area contributed by atoms with Gasteiger partial charge in [0, 0.05) is 19.9 Å². The van der Waals surface area contributed by atoms with E-state index in [0.717, 1.165) is 23.9 Å². The van der Waals surface area contributed by atoms with Gasteiger partial charge in [-0.3, -0.25) is 0 Å². The van der Waals surface area contributed by atoms with Gasteiger partial charge in [0.25, 0.3) is 0 Å². The van der Waals surface area contributed by atoms with Crippen molar-refractivity contribution in [3.63, 3.8) is 0 Å². The number of hydrogen-bond acceptors (Lipinski definition) is 5. The van der Waals surface area contributed by atoms with Gasteiger partial charge in [-0.2, -0.15) is 13.2 Å². The van der Waals surface area contributed by atoms with Crippen molar-refractivity contribution in [2.75, 3.05) is 12.3 Å². The van der Waals surface area contributed by atoms with Gasteiger partial charge in [-0.05, 0) is 30.7 Å². The number of aromatic carboxylic acids is 1. The van der Waals surface area contributed by atoms with Crippen LogP contribution in [0.1, 0.15) is 22.9 Å². The molecule has 0 atom stereocenters. The highest BCUT2D eigenvalue weighted by Crippen LogP contribution is 2.33. The lowest BCUT2D eigenvalue weighted by Crippen LogP contribution is -2.26. The van der Waals surface area contributed by atoms with Crippen LogP contribution in [-0.4, -0.2) is 36.8 Å². The maximum absolute atomic E-state index is 12.6. The molecule has 6 nitrogen and oxygen atoms in total. The molecule has 154 valence electrons. The number of aromatic nitrogens is 1. The molecule has 2 aromatic rings. The summed E-state index contributed by atoms with van der Waals surface area (Å²) in [6.45, 7) is 1.48. The average molecular weight is 457 g/mol. The van der Waals surface area contributed by atoms with Crippen LogP contribution in [0.15, 0.2) is 40.4 Å². The van der Waals surface area contributed by atoms with Crippen molar-refractivity contribution in [2.45, 2.75) is 23.0 Å². The first-order valence-corrected chi connectivity index (χ1v) is 10.5. The minimum Gasteiger partial charge on any atom is -0.478 e. The van der Waals surface area contributed by atoms with Gasteiger partial charge in [0.05, 0.1) is 21.0 Å². The summed E-state index contributed by atoms with van der Waals surface area (Å²) in [6.07, 6.45) is -3.91. The van der Waals surface area contributed by atoms with Gasteiger partial charge in [-0.1, -0.05) is 17.7 Å². The predicted octanol–water partition coefficient (Wildman–Crippen LogP) is 4.08. The molecule has 0 saturated heterocycles. The monoisotopic (exact) mass is 456 g/mol. The van der Waals surface area contributed by atoms with Crippen LogP contribution in [0.3, 0.4) is 0 Å². The Kier molecular flexibility index (Phi) is 6.97. The van der Waals surface area contributed by atoms with Crippen LogP contribution in [-0.2, 0) is 16.2 Å². The number of alkyl halides is 3. The Hall–Kier alpha value is -1.82. The van der Waals surface area contributed by atoms with Crippen LogP contribution in [0, 0.1) is 6.92 Å². The van der Waals surface area contributed by atoms with Crippen molar-refractivity contribution in [2.24, 2.45) is 0 Å². The molecular weight excluding hydrogens is 441 g/mol. The molecule has 0 amide bonds. The zero-order valence-corrected chi connectivity index (χ0v) is 16.6. The molecule has 1 heterocycles. The highest BCUT2D eigenvalue weighted by Gasteiger charge is 2.31. The van der Waals surface area contributed by atoms with E-state index >= 15 is 0 Å². The number of carboxylic acid groups (broad SMARTS) is 1. The lowest BCUT2D eigenvalue weighted by molar-refractivity contribution is -0.137. The normalized spacial score (nSPS) is 12.2. The van der Waals surface area contributed by atoms with Crippen LogP contribution >= 0.6 is 23.4 Å². The van der Waals surface area contributed by atoms with Gasteiger partial charge in [-0.25, -0.2) is 22.9 Å². The number of halogens is 4. The van der Waals surface area contributed by atoms with Crippen molar-refractivity contribution < 1.29 is 32.9 Å². The van der Waals surface area contributed by atoms with Crippen LogP contribution in [0.2, 0.25) is 5.02 Å². The molecule has 2 rings (SSSR count). The molecule has 0 saturated carbocycles. The maximum Gasteiger partial charge on any atom is 0.417 e. The number of pyridine rings is 1. The largest absolute Gasteiger partial charge is 0.478 e. The number of nitrogens with zero attached hydrogens (tertiary/aromatic N) is 1. The first-order chi connectivity index (χ1) is 12.9. The van der Waals surface area contributed by atoms with Crippen LogP contribution in [0.5, 0.6) is 0 Å². The number of benzene rings is 1. The fraction of sp³-hybridized carbons (Fsp3) is 0.250. The van der Waals surface area contributed by atoms with E-state index in [1.807, 2.05) is 0 Å². The molecule has 0 aliphatic carbocycles. The Morgan fingerprint density at radius 1 is 1.36 bits per heavy atom. The standard InChI is InChI=1S/C16H14ClF3N2O4S2.H2/c1-9-2-3-11(7-12(9)15(23)24)28(25,26)22-4-5-27-14-13(17)6-10(8-21-14)16(18,19)20;/h2-3,6-8,22H,4-5H2,1H3,(H,23,24);1H. The molecule has 0 aliphatic heterocycles. The Balaban J connectivity index is 0.00000420. The van der Waals surface area contributed by atoms with Crippen molar-refractivity contribution >= 4 is 39.4 Å². The van der Waals surface area contributed by atoms with Gasteiger partial charge in [0.2, 0.25) is 10.0 Å². The SMILES string of the molecule is Cc1ccc(S(=O)(=O)NCCSc2ncc(C(F)(F)F)cc2Cl)cc1C(=O)O.[HH]. The van der Waals surface area contributed by atoms with E-state index < -0.39 is 27.7 Å². The highest BCUT2D eigenvalue weighted by atomic mass is 35.5. The van der Waals surface area contributed by atoms with Crippen molar-refractivity contribution in [1.29, 1.82) is 0 Å². The predicted molar refractivity (Wildman–Crippen MR) is 100 cm³/mol. The Morgan fingerprint density at radius 3 is 2.61 bits per heavy atom. The molecule has 28 heavy (non-hydrogen) atoms. The molecule has 0 radical (unpaired) electrons. The molecule has 2 N–H and O–H groups in total. The number of thioether (sulfide) groups is 1. The van der Waals surface area contributed by atoms with Gasteiger partial charge in [0.15, 0.2) is 0 Å². The van der Waals surface area contributed by atoms with E-state index in [9.17, 15) is 26.4 Å². The molecule has 0 bridgehead atoms. The van der Waals surface area contributed by atoms with Crippen molar-refractivity contribution in [1.82, 2.24) is 9.71 Å². The molecule has 1 aromatic heterocycles. The summed E-state index contributed by atoms with van der Waals surface area (Å²) >= 11 is 6.77. The highest BCUT2D eigenvalue weighted by molar-refractivity contribution is 7.99. The molecule has 12 heteroatoms. The maximum atomic E-state index is 12.6. The van der Waals surface area contributed by atoms with Crippen LogP contribution in [0.25, 0.3) is 0 Å². The molecule has 0 aliphatic rings. The van der Waals surface area contributed by atoms with Crippen LogP contribution < -0.4 is 4.72 Å². The third kappa shape index (κ3) is 5.60. The van der Waals surface area contributed by atoms with Gasteiger partial charge in [0.1, 0.15) is 5.03 Å². The smallest absolute Gasteiger partial charge is 0.417 e. The minimum absolute atomic E-state index is 0. The number of rotatable bonds is 7. The summed E-state index contributed by atoms with van der Waals surface area (Å²) < 4.78 is 64.6. The second-order valence-corrected chi connectivity index (χ2v) is 8.79. The van der Waals surface area contributed by atoms with E-state index in [1.165, 1.54) is 12.1 Å². The van der Waals surface area contributed by atoms with Crippen molar-refractivity contribution in [3.8, 4) is 0 Å². The van der Waals surface area contributed by atoms with E-state index in [4.69, 9.17) is 16.7 Å². The first-order valence-electron chi connectivity index (χ1n) is 7.61. The number of carboxylic acids is 1. The van der Waals surface area contributed by atoms with E-state index in [0.29, 0.717) is 11.8 Å². The number of carbonyl (C=O) groups is 1. The molecule has 0 unspecified atom stereocenters. The van der Waals surface area contributed by atoms with Gasteiger partial charge < -0.3 is 5.11 Å². The zero-order valence-electron chi connectivity index (χ0n) is 14.2. The topological polar surface area (TPSA) is 96.4 Å². The summed E-state index contributed by atoms with van der Waals surface area (Å²) in [6, 6.07) is 4.48. The molecule has 0 spiro atoms. The molecule has 0 fully saturated rings. The summed E-state index contributed by atoms with van der Waals surface area (Å²) in [4.78, 5) is 14.6. The molecular formula is C16H16ClF3N2O4S2. The van der Waals surface area contributed by atoms with E-state index in [2.05, 4.69) is 9.71 Å². The van der Waals surface area contributed by atoms with E-state index in [-0.39, 0.29) is 34.2 Å². The third-order valence-corrected chi connectivity index (χ3v) is 6.38. The fourth-order valence-electron chi connectivity index (χ4n) is 2.09. The average Bonchev–Trinajstić information content (AvgIpc) is 2.58. The third-order valence-electron chi connectivity index (χ3n) is 3.52. The quantitative estimate of drug-likeness (QED) is 0.481. The summed E-state index contributed by atoms with van der Waals surface area (Å²) in [5, 5.41) is 9.03. The second-order valence-electron chi connectivity index (χ2n) is 5.54. The summed E-state index contributed by atoms with van der Waals surface area (Å²) in [5.74, 6) is -1.09. The Morgan fingerprint density at radius 2 is 2.04 bits per heavy atom.